The largest absolute Gasteiger partial charge is 0.487 e. The smallest absolute Gasteiger partial charge is 0.168 e. The standard InChI is InChI=1S/C16H22F2O2/c1-9(2)14-7-12(17)8-15(18)16(14)20-13-5-10(3)19-11(4)6-13/h7-11,13H,5-6H2,1-4H3. The molecule has 2 atom stereocenters. The minimum absolute atomic E-state index is 0.00453. The summed E-state index contributed by atoms with van der Waals surface area (Å²) < 4.78 is 38.9. The van der Waals surface area contributed by atoms with Crippen LogP contribution >= 0.6 is 0 Å². The Labute approximate surface area is 119 Å². The fraction of sp³-hybridized carbons (Fsp3) is 0.625. The lowest BCUT2D eigenvalue weighted by molar-refractivity contribution is -0.0730. The monoisotopic (exact) mass is 284 g/mol. The zero-order chi connectivity index (χ0) is 14.9. The molecule has 20 heavy (non-hydrogen) atoms. The van der Waals surface area contributed by atoms with Crippen molar-refractivity contribution in [3.63, 3.8) is 0 Å². The fourth-order valence-corrected chi connectivity index (χ4v) is 2.74. The lowest BCUT2D eigenvalue weighted by Crippen LogP contribution is -2.36. The first kappa shape index (κ1) is 15.2. The molecule has 1 fully saturated rings. The molecule has 0 amide bonds. The summed E-state index contributed by atoms with van der Waals surface area (Å²) in [7, 11) is 0. The Bertz CT molecular complexity index is 464. The van der Waals surface area contributed by atoms with Gasteiger partial charge in [-0.3, -0.25) is 0 Å². The van der Waals surface area contributed by atoms with Gasteiger partial charge in [0, 0.05) is 24.5 Å². The van der Waals surface area contributed by atoms with Gasteiger partial charge in [-0.05, 0) is 25.8 Å². The molecule has 1 aromatic rings. The molecule has 1 heterocycles. The van der Waals surface area contributed by atoms with Crippen molar-refractivity contribution in [1.29, 1.82) is 0 Å². The van der Waals surface area contributed by atoms with E-state index in [0.29, 0.717) is 5.56 Å². The molecule has 1 aromatic carbocycles. The first-order valence-corrected chi connectivity index (χ1v) is 7.17. The van der Waals surface area contributed by atoms with Crippen LogP contribution in [0.15, 0.2) is 12.1 Å². The van der Waals surface area contributed by atoms with E-state index in [9.17, 15) is 8.78 Å². The van der Waals surface area contributed by atoms with Crippen molar-refractivity contribution in [3.05, 3.63) is 29.3 Å². The third-order valence-corrected chi connectivity index (χ3v) is 3.60. The molecule has 4 heteroatoms. The van der Waals surface area contributed by atoms with E-state index in [2.05, 4.69) is 0 Å². The van der Waals surface area contributed by atoms with E-state index in [1.807, 2.05) is 27.7 Å². The average Bonchev–Trinajstić information content (AvgIpc) is 2.30. The van der Waals surface area contributed by atoms with Crippen LogP contribution in [0.4, 0.5) is 8.78 Å². The molecular formula is C16H22F2O2. The summed E-state index contributed by atoms with van der Waals surface area (Å²) >= 11 is 0. The summed E-state index contributed by atoms with van der Waals surface area (Å²) in [5.74, 6) is -0.995. The number of rotatable bonds is 3. The Morgan fingerprint density at radius 3 is 2.30 bits per heavy atom. The van der Waals surface area contributed by atoms with Crippen LogP contribution in [0.2, 0.25) is 0 Å². The molecule has 0 aromatic heterocycles. The lowest BCUT2D eigenvalue weighted by atomic mass is 10.00. The minimum Gasteiger partial charge on any atom is -0.487 e. The zero-order valence-corrected chi connectivity index (χ0v) is 12.5. The normalized spacial score (nSPS) is 26.9. The van der Waals surface area contributed by atoms with Crippen molar-refractivity contribution in [2.45, 2.75) is 64.8 Å². The quantitative estimate of drug-likeness (QED) is 0.818. The summed E-state index contributed by atoms with van der Waals surface area (Å²) in [6.07, 6.45) is 1.54. The van der Waals surface area contributed by atoms with Crippen LogP contribution in [-0.2, 0) is 4.74 Å². The van der Waals surface area contributed by atoms with Gasteiger partial charge in [-0.15, -0.1) is 0 Å². The Morgan fingerprint density at radius 1 is 1.15 bits per heavy atom. The van der Waals surface area contributed by atoms with Gasteiger partial charge in [-0.1, -0.05) is 13.8 Å². The van der Waals surface area contributed by atoms with Gasteiger partial charge in [0.1, 0.15) is 11.9 Å². The lowest BCUT2D eigenvalue weighted by Gasteiger charge is -2.33. The van der Waals surface area contributed by atoms with Gasteiger partial charge in [0.25, 0.3) is 0 Å². The molecule has 1 aliphatic rings. The van der Waals surface area contributed by atoms with Crippen LogP contribution in [-0.4, -0.2) is 18.3 Å². The molecule has 0 spiro atoms. The van der Waals surface area contributed by atoms with E-state index < -0.39 is 11.6 Å². The Morgan fingerprint density at radius 2 is 1.75 bits per heavy atom. The topological polar surface area (TPSA) is 18.5 Å². The van der Waals surface area contributed by atoms with E-state index in [1.165, 1.54) is 6.07 Å². The SMILES string of the molecule is CC1CC(Oc2c(F)cc(F)cc2C(C)C)CC(C)O1. The van der Waals surface area contributed by atoms with Gasteiger partial charge in [0.15, 0.2) is 11.6 Å². The molecule has 2 rings (SSSR count). The van der Waals surface area contributed by atoms with Crippen molar-refractivity contribution in [2.24, 2.45) is 0 Å². The second kappa shape index (κ2) is 6.08. The number of hydrogen-bond acceptors (Lipinski definition) is 2. The molecule has 0 saturated carbocycles. The molecule has 1 saturated heterocycles. The van der Waals surface area contributed by atoms with Crippen molar-refractivity contribution >= 4 is 0 Å². The van der Waals surface area contributed by atoms with Gasteiger partial charge < -0.3 is 9.47 Å². The maximum absolute atomic E-state index is 14.0. The van der Waals surface area contributed by atoms with E-state index in [-0.39, 0.29) is 30.0 Å². The highest BCUT2D eigenvalue weighted by atomic mass is 19.1. The van der Waals surface area contributed by atoms with Crippen molar-refractivity contribution < 1.29 is 18.3 Å². The van der Waals surface area contributed by atoms with Gasteiger partial charge in [-0.25, -0.2) is 8.78 Å². The second-order valence-corrected chi connectivity index (χ2v) is 5.93. The van der Waals surface area contributed by atoms with E-state index in [0.717, 1.165) is 18.9 Å². The number of benzene rings is 1. The average molecular weight is 284 g/mol. The Hall–Kier alpha value is -1.16. The summed E-state index contributed by atoms with van der Waals surface area (Å²) in [6.45, 7) is 7.76. The summed E-state index contributed by atoms with van der Waals surface area (Å²) in [6, 6.07) is 2.24. The molecule has 112 valence electrons. The number of ether oxygens (including phenoxy) is 2. The molecule has 2 unspecified atom stereocenters. The molecule has 2 nitrogen and oxygen atoms in total. The molecule has 0 radical (unpaired) electrons. The van der Waals surface area contributed by atoms with E-state index >= 15 is 0 Å². The second-order valence-electron chi connectivity index (χ2n) is 5.93. The van der Waals surface area contributed by atoms with Crippen LogP contribution < -0.4 is 4.74 Å². The number of halogens is 2. The van der Waals surface area contributed by atoms with Crippen molar-refractivity contribution in [3.8, 4) is 5.75 Å². The molecule has 0 N–H and O–H groups in total. The van der Waals surface area contributed by atoms with Gasteiger partial charge in [0.05, 0.1) is 12.2 Å². The van der Waals surface area contributed by atoms with E-state index in [1.54, 1.807) is 0 Å². The molecule has 0 aliphatic carbocycles. The third kappa shape index (κ3) is 3.48. The number of hydrogen-bond donors (Lipinski definition) is 0. The van der Waals surface area contributed by atoms with Crippen LogP contribution in [0.3, 0.4) is 0 Å². The highest BCUT2D eigenvalue weighted by Crippen LogP contribution is 2.33. The summed E-state index contributed by atoms with van der Waals surface area (Å²) in [5.41, 5.74) is 0.578. The molecular weight excluding hydrogens is 262 g/mol. The Balaban J connectivity index is 2.24. The third-order valence-electron chi connectivity index (χ3n) is 3.60. The predicted octanol–water partition coefficient (Wildman–Crippen LogP) is 4.42. The molecule has 1 aliphatic heterocycles. The first-order chi connectivity index (χ1) is 9.36. The summed E-state index contributed by atoms with van der Waals surface area (Å²) in [4.78, 5) is 0. The fourth-order valence-electron chi connectivity index (χ4n) is 2.74. The maximum atomic E-state index is 14.0. The van der Waals surface area contributed by atoms with Gasteiger partial charge in [-0.2, -0.15) is 0 Å². The summed E-state index contributed by atoms with van der Waals surface area (Å²) in [5, 5.41) is 0. The van der Waals surface area contributed by atoms with Crippen LogP contribution in [0, 0.1) is 11.6 Å². The maximum Gasteiger partial charge on any atom is 0.168 e. The van der Waals surface area contributed by atoms with Crippen molar-refractivity contribution in [2.75, 3.05) is 0 Å². The first-order valence-electron chi connectivity index (χ1n) is 7.17. The minimum atomic E-state index is -0.625. The highest BCUT2D eigenvalue weighted by molar-refractivity contribution is 5.38. The predicted molar refractivity (Wildman–Crippen MR) is 74.1 cm³/mol. The zero-order valence-electron chi connectivity index (χ0n) is 12.5. The van der Waals surface area contributed by atoms with Crippen molar-refractivity contribution in [1.82, 2.24) is 0 Å². The van der Waals surface area contributed by atoms with Gasteiger partial charge >= 0.3 is 0 Å². The highest BCUT2D eigenvalue weighted by Gasteiger charge is 2.28. The van der Waals surface area contributed by atoms with Gasteiger partial charge in [0.2, 0.25) is 0 Å². The molecule has 0 bridgehead atoms. The van der Waals surface area contributed by atoms with Crippen LogP contribution in [0.25, 0.3) is 0 Å². The Kier molecular flexibility index (Phi) is 4.63. The van der Waals surface area contributed by atoms with Crippen LogP contribution in [0.5, 0.6) is 5.75 Å². The van der Waals surface area contributed by atoms with Crippen LogP contribution in [0.1, 0.15) is 52.0 Å². The van der Waals surface area contributed by atoms with E-state index in [4.69, 9.17) is 9.47 Å².